The van der Waals surface area contributed by atoms with Gasteiger partial charge in [-0.05, 0) is 30.4 Å². The Morgan fingerprint density at radius 3 is 2.33 bits per heavy atom. The number of rotatable bonds is 4. The SMILES string of the molecule is CCC(CC)c1ccccc1N=C(N)N. The number of hydrogen-bond acceptors (Lipinski definition) is 1. The van der Waals surface area contributed by atoms with Crippen molar-refractivity contribution in [3.05, 3.63) is 29.8 Å². The number of aliphatic imine (C=N–C) groups is 1. The van der Waals surface area contributed by atoms with Crippen molar-refractivity contribution in [2.75, 3.05) is 0 Å². The van der Waals surface area contributed by atoms with E-state index in [-0.39, 0.29) is 5.96 Å². The minimum atomic E-state index is 0.119. The standard InChI is InChI=1S/C12H19N3/c1-3-9(4-2)10-7-5-6-8-11(10)15-12(13)14/h5-9H,3-4H2,1-2H3,(H4,13,14,15). The maximum absolute atomic E-state index is 5.40. The normalized spacial score (nSPS) is 10.3. The van der Waals surface area contributed by atoms with Crippen LogP contribution in [0.1, 0.15) is 38.2 Å². The molecule has 0 aliphatic heterocycles. The molecule has 15 heavy (non-hydrogen) atoms. The van der Waals surface area contributed by atoms with Gasteiger partial charge in [0.2, 0.25) is 0 Å². The van der Waals surface area contributed by atoms with Gasteiger partial charge in [-0.3, -0.25) is 0 Å². The third kappa shape index (κ3) is 2.98. The van der Waals surface area contributed by atoms with Crippen LogP contribution in [0.2, 0.25) is 0 Å². The lowest BCUT2D eigenvalue weighted by Gasteiger charge is -2.15. The number of nitrogens with two attached hydrogens (primary N) is 2. The Morgan fingerprint density at radius 1 is 1.20 bits per heavy atom. The van der Waals surface area contributed by atoms with E-state index in [1.54, 1.807) is 0 Å². The number of hydrogen-bond donors (Lipinski definition) is 2. The van der Waals surface area contributed by atoms with Gasteiger partial charge in [-0.2, -0.15) is 0 Å². The average molecular weight is 205 g/mol. The van der Waals surface area contributed by atoms with E-state index in [1.165, 1.54) is 5.56 Å². The summed E-state index contributed by atoms with van der Waals surface area (Å²) < 4.78 is 0. The molecule has 0 aliphatic carbocycles. The highest BCUT2D eigenvalue weighted by Gasteiger charge is 2.10. The zero-order valence-corrected chi connectivity index (χ0v) is 9.40. The Kier molecular flexibility index (Phi) is 4.16. The number of guanidine groups is 1. The minimum absolute atomic E-state index is 0.119. The van der Waals surface area contributed by atoms with Crippen molar-refractivity contribution in [2.24, 2.45) is 16.5 Å². The van der Waals surface area contributed by atoms with Gasteiger partial charge < -0.3 is 11.5 Å². The van der Waals surface area contributed by atoms with E-state index in [4.69, 9.17) is 11.5 Å². The van der Waals surface area contributed by atoms with Crippen molar-refractivity contribution >= 4 is 11.6 Å². The molecular weight excluding hydrogens is 186 g/mol. The molecule has 3 nitrogen and oxygen atoms in total. The summed E-state index contributed by atoms with van der Waals surface area (Å²) in [7, 11) is 0. The van der Waals surface area contributed by atoms with Crippen molar-refractivity contribution < 1.29 is 0 Å². The van der Waals surface area contributed by atoms with Gasteiger partial charge in [0.05, 0.1) is 5.69 Å². The molecule has 0 fully saturated rings. The molecule has 0 amide bonds. The average Bonchev–Trinajstić information content (AvgIpc) is 2.21. The number of para-hydroxylation sites is 1. The van der Waals surface area contributed by atoms with Gasteiger partial charge in [-0.15, -0.1) is 0 Å². The van der Waals surface area contributed by atoms with Crippen LogP contribution in [-0.2, 0) is 0 Å². The maximum Gasteiger partial charge on any atom is 0.191 e. The summed E-state index contributed by atoms with van der Waals surface area (Å²) in [6, 6.07) is 8.03. The van der Waals surface area contributed by atoms with Gasteiger partial charge in [-0.25, -0.2) is 4.99 Å². The first-order valence-corrected chi connectivity index (χ1v) is 5.37. The fourth-order valence-electron chi connectivity index (χ4n) is 1.80. The highest BCUT2D eigenvalue weighted by atomic mass is 15.0. The molecule has 0 saturated carbocycles. The predicted molar refractivity (Wildman–Crippen MR) is 65.2 cm³/mol. The van der Waals surface area contributed by atoms with Crippen LogP contribution in [-0.4, -0.2) is 5.96 Å². The quantitative estimate of drug-likeness (QED) is 0.586. The molecule has 0 unspecified atom stereocenters. The molecule has 1 rings (SSSR count). The molecule has 1 aromatic carbocycles. The van der Waals surface area contributed by atoms with Crippen LogP contribution in [0.5, 0.6) is 0 Å². The summed E-state index contributed by atoms with van der Waals surface area (Å²) in [6.45, 7) is 4.36. The molecule has 1 aromatic rings. The van der Waals surface area contributed by atoms with Crippen LogP contribution in [0.4, 0.5) is 5.69 Å². The second kappa shape index (κ2) is 5.39. The van der Waals surface area contributed by atoms with Crippen LogP contribution in [0, 0.1) is 0 Å². The first kappa shape index (κ1) is 11.6. The van der Waals surface area contributed by atoms with Gasteiger partial charge in [0.25, 0.3) is 0 Å². The highest BCUT2D eigenvalue weighted by molar-refractivity contribution is 5.79. The number of benzene rings is 1. The molecule has 4 N–H and O–H groups in total. The first-order chi connectivity index (χ1) is 7.19. The fourth-order valence-corrected chi connectivity index (χ4v) is 1.80. The van der Waals surface area contributed by atoms with E-state index in [0.717, 1.165) is 18.5 Å². The fraction of sp³-hybridized carbons (Fsp3) is 0.417. The van der Waals surface area contributed by atoms with Gasteiger partial charge in [0, 0.05) is 0 Å². The first-order valence-electron chi connectivity index (χ1n) is 5.37. The van der Waals surface area contributed by atoms with Gasteiger partial charge in [-0.1, -0.05) is 32.0 Å². The van der Waals surface area contributed by atoms with Crippen molar-refractivity contribution in [3.8, 4) is 0 Å². The lowest BCUT2D eigenvalue weighted by Crippen LogP contribution is -2.22. The Morgan fingerprint density at radius 2 is 1.80 bits per heavy atom. The second-order valence-corrected chi connectivity index (χ2v) is 3.61. The lowest BCUT2D eigenvalue weighted by atomic mass is 9.93. The molecule has 82 valence electrons. The van der Waals surface area contributed by atoms with Crippen LogP contribution in [0.15, 0.2) is 29.3 Å². The zero-order valence-electron chi connectivity index (χ0n) is 9.40. The van der Waals surface area contributed by atoms with Crippen LogP contribution in [0.3, 0.4) is 0 Å². The molecule has 0 aliphatic rings. The van der Waals surface area contributed by atoms with Gasteiger partial charge in [0.1, 0.15) is 0 Å². The maximum atomic E-state index is 5.40. The molecule has 0 radical (unpaired) electrons. The minimum Gasteiger partial charge on any atom is -0.370 e. The molecule has 3 heteroatoms. The molecule has 0 bridgehead atoms. The summed E-state index contributed by atoms with van der Waals surface area (Å²) >= 11 is 0. The van der Waals surface area contributed by atoms with E-state index in [9.17, 15) is 0 Å². The Bertz CT molecular complexity index is 336. The van der Waals surface area contributed by atoms with Crippen molar-refractivity contribution in [1.29, 1.82) is 0 Å². The lowest BCUT2D eigenvalue weighted by molar-refractivity contribution is 0.643. The summed E-state index contributed by atoms with van der Waals surface area (Å²) in [6.07, 6.45) is 2.21. The van der Waals surface area contributed by atoms with Gasteiger partial charge >= 0.3 is 0 Å². The van der Waals surface area contributed by atoms with E-state index >= 15 is 0 Å². The number of nitrogens with zero attached hydrogens (tertiary/aromatic N) is 1. The third-order valence-electron chi connectivity index (χ3n) is 2.61. The summed E-state index contributed by atoms with van der Waals surface area (Å²) in [5, 5.41) is 0. The largest absolute Gasteiger partial charge is 0.370 e. The smallest absolute Gasteiger partial charge is 0.191 e. The monoisotopic (exact) mass is 205 g/mol. The van der Waals surface area contributed by atoms with Crippen LogP contribution < -0.4 is 11.5 Å². The zero-order chi connectivity index (χ0) is 11.3. The molecule has 0 aromatic heterocycles. The van der Waals surface area contributed by atoms with Crippen LogP contribution in [0.25, 0.3) is 0 Å². The molecule has 0 saturated heterocycles. The predicted octanol–water partition coefficient (Wildman–Crippen LogP) is 2.50. The summed E-state index contributed by atoms with van der Waals surface area (Å²) in [5.74, 6) is 0.651. The third-order valence-corrected chi connectivity index (χ3v) is 2.61. The topological polar surface area (TPSA) is 64.4 Å². The van der Waals surface area contributed by atoms with E-state index in [1.807, 2.05) is 18.2 Å². The Hall–Kier alpha value is -1.51. The van der Waals surface area contributed by atoms with Crippen molar-refractivity contribution in [2.45, 2.75) is 32.6 Å². The van der Waals surface area contributed by atoms with Gasteiger partial charge in [0.15, 0.2) is 5.96 Å². The highest BCUT2D eigenvalue weighted by Crippen LogP contribution is 2.30. The Labute approximate surface area is 91.2 Å². The van der Waals surface area contributed by atoms with E-state index in [2.05, 4.69) is 24.9 Å². The molecular formula is C12H19N3. The van der Waals surface area contributed by atoms with Crippen molar-refractivity contribution in [3.63, 3.8) is 0 Å². The summed E-state index contributed by atoms with van der Waals surface area (Å²) in [4.78, 5) is 4.15. The molecule has 0 atom stereocenters. The van der Waals surface area contributed by atoms with Crippen molar-refractivity contribution in [1.82, 2.24) is 0 Å². The second-order valence-electron chi connectivity index (χ2n) is 3.61. The summed E-state index contributed by atoms with van der Waals surface area (Å²) in [5.41, 5.74) is 12.9. The molecule has 0 spiro atoms. The Balaban J connectivity index is 3.10. The van der Waals surface area contributed by atoms with E-state index < -0.39 is 0 Å². The molecule has 0 heterocycles. The van der Waals surface area contributed by atoms with E-state index in [0.29, 0.717) is 5.92 Å². The van der Waals surface area contributed by atoms with Crippen LogP contribution >= 0.6 is 0 Å².